The molecule has 3 rings (SSSR count). The topological polar surface area (TPSA) is 92.3 Å². The van der Waals surface area contributed by atoms with Crippen LogP contribution in [0, 0.1) is 11.7 Å². The zero-order valence-corrected chi connectivity index (χ0v) is 24.0. The Morgan fingerprint density at radius 3 is 2.12 bits per heavy atom. The van der Waals surface area contributed by atoms with Crippen molar-refractivity contribution in [1.82, 2.24) is 10.6 Å². The SMILES string of the molecule is CC(C)(C)NC(=O)C[C@H](CC(=O)CCc1ccccc1)C(=O)NCCCC(=O)c1cc(-c2ccccc2)ccc1F. The average molecular weight is 559 g/mol. The number of carbonyl (C=O) groups is 4. The molecule has 0 aromatic heterocycles. The van der Waals surface area contributed by atoms with Crippen molar-refractivity contribution in [1.29, 1.82) is 0 Å². The molecule has 216 valence electrons. The molecule has 0 spiro atoms. The summed E-state index contributed by atoms with van der Waals surface area (Å²) >= 11 is 0. The van der Waals surface area contributed by atoms with E-state index in [4.69, 9.17) is 0 Å². The number of halogens is 1. The van der Waals surface area contributed by atoms with Gasteiger partial charge in [0, 0.05) is 37.8 Å². The summed E-state index contributed by atoms with van der Waals surface area (Å²) in [6.45, 7) is 5.71. The lowest BCUT2D eigenvalue weighted by Crippen LogP contribution is -2.43. The molecule has 2 amide bonds. The molecule has 1 atom stereocenters. The van der Waals surface area contributed by atoms with E-state index in [0.717, 1.165) is 16.7 Å². The first-order valence-corrected chi connectivity index (χ1v) is 14.0. The highest BCUT2D eigenvalue weighted by atomic mass is 19.1. The van der Waals surface area contributed by atoms with Crippen molar-refractivity contribution in [2.45, 2.75) is 64.8 Å². The Labute approximate surface area is 241 Å². The maximum absolute atomic E-state index is 14.5. The zero-order valence-electron chi connectivity index (χ0n) is 24.0. The van der Waals surface area contributed by atoms with Crippen LogP contribution >= 0.6 is 0 Å². The van der Waals surface area contributed by atoms with Crippen LogP contribution < -0.4 is 10.6 Å². The van der Waals surface area contributed by atoms with Crippen LogP contribution in [0.15, 0.2) is 78.9 Å². The summed E-state index contributed by atoms with van der Waals surface area (Å²) in [4.78, 5) is 51.2. The summed E-state index contributed by atoms with van der Waals surface area (Å²) in [6, 6.07) is 23.5. The van der Waals surface area contributed by atoms with E-state index in [-0.39, 0.29) is 55.3 Å². The maximum atomic E-state index is 14.5. The molecule has 0 heterocycles. The molecule has 3 aromatic rings. The monoisotopic (exact) mass is 558 g/mol. The molecule has 7 heteroatoms. The van der Waals surface area contributed by atoms with E-state index in [1.807, 2.05) is 81.4 Å². The number of carbonyl (C=O) groups excluding carboxylic acids is 4. The van der Waals surface area contributed by atoms with Crippen LogP contribution in [0.1, 0.15) is 68.8 Å². The van der Waals surface area contributed by atoms with E-state index in [1.165, 1.54) is 6.07 Å². The van der Waals surface area contributed by atoms with Crippen molar-refractivity contribution in [3.8, 4) is 11.1 Å². The zero-order chi connectivity index (χ0) is 29.8. The van der Waals surface area contributed by atoms with Gasteiger partial charge in [0.15, 0.2) is 5.78 Å². The number of rotatable bonds is 14. The first-order chi connectivity index (χ1) is 19.5. The van der Waals surface area contributed by atoms with Crippen LogP contribution in [0.3, 0.4) is 0 Å². The van der Waals surface area contributed by atoms with Gasteiger partial charge in [-0.2, -0.15) is 0 Å². The Bertz CT molecular complexity index is 1330. The molecular formula is C34H39FN2O4. The molecule has 0 aliphatic rings. The van der Waals surface area contributed by atoms with Gasteiger partial charge in [-0.25, -0.2) is 4.39 Å². The summed E-state index contributed by atoms with van der Waals surface area (Å²) < 4.78 is 14.5. The van der Waals surface area contributed by atoms with Crippen molar-refractivity contribution in [2.75, 3.05) is 6.54 Å². The lowest BCUT2D eigenvalue weighted by atomic mass is 9.94. The fourth-order valence-corrected chi connectivity index (χ4v) is 4.54. The summed E-state index contributed by atoms with van der Waals surface area (Å²) in [5.74, 6) is -2.58. The van der Waals surface area contributed by atoms with Gasteiger partial charge in [-0.1, -0.05) is 66.7 Å². The number of amides is 2. The molecule has 0 aliphatic heterocycles. The molecule has 0 unspecified atom stereocenters. The second-order valence-electron chi connectivity index (χ2n) is 11.3. The van der Waals surface area contributed by atoms with Gasteiger partial charge in [0.2, 0.25) is 11.8 Å². The van der Waals surface area contributed by atoms with Crippen molar-refractivity contribution in [3.63, 3.8) is 0 Å². The smallest absolute Gasteiger partial charge is 0.224 e. The first kappa shape index (κ1) is 31.4. The number of Topliss-reactive ketones (excluding diaryl/α,β-unsaturated/α-hetero) is 2. The van der Waals surface area contributed by atoms with Crippen LogP contribution in [0.2, 0.25) is 0 Å². The van der Waals surface area contributed by atoms with Gasteiger partial charge in [0.1, 0.15) is 11.6 Å². The van der Waals surface area contributed by atoms with Gasteiger partial charge in [-0.3, -0.25) is 19.2 Å². The predicted molar refractivity (Wildman–Crippen MR) is 159 cm³/mol. The normalized spacial score (nSPS) is 11.9. The van der Waals surface area contributed by atoms with Crippen molar-refractivity contribution >= 4 is 23.4 Å². The molecule has 0 saturated carbocycles. The Morgan fingerprint density at radius 2 is 1.46 bits per heavy atom. The van der Waals surface area contributed by atoms with E-state index in [2.05, 4.69) is 10.6 Å². The fourth-order valence-electron chi connectivity index (χ4n) is 4.54. The van der Waals surface area contributed by atoms with Crippen LogP contribution in [-0.2, 0) is 20.8 Å². The number of nitrogens with one attached hydrogen (secondary N) is 2. The highest BCUT2D eigenvalue weighted by Crippen LogP contribution is 2.23. The quantitative estimate of drug-likeness (QED) is 0.185. The molecular weight excluding hydrogens is 519 g/mol. The lowest BCUT2D eigenvalue weighted by Gasteiger charge is -2.23. The third-order valence-corrected chi connectivity index (χ3v) is 6.58. The van der Waals surface area contributed by atoms with E-state index >= 15 is 0 Å². The molecule has 0 saturated heterocycles. The van der Waals surface area contributed by atoms with E-state index < -0.39 is 23.2 Å². The summed E-state index contributed by atoms with van der Waals surface area (Å²) in [5.41, 5.74) is 2.20. The Kier molecular flexibility index (Phi) is 11.5. The minimum atomic E-state index is -0.823. The van der Waals surface area contributed by atoms with Gasteiger partial charge in [0.25, 0.3) is 0 Å². The highest BCUT2D eigenvalue weighted by Gasteiger charge is 2.26. The average Bonchev–Trinajstić information content (AvgIpc) is 2.94. The van der Waals surface area contributed by atoms with Crippen molar-refractivity contribution in [3.05, 3.63) is 95.8 Å². The van der Waals surface area contributed by atoms with Gasteiger partial charge in [-0.05, 0) is 62.4 Å². The molecule has 0 bridgehead atoms. The number of ketones is 2. The van der Waals surface area contributed by atoms with E-state index in [9.17, 15) is 23.6 Å². The summed E-state index contributed by atoms with van der Waals surface area (Å²) in [7, 11) is 0. The lowest BCUT2D eigenvalue weighted by molar-refractivity contribution is -0.133. The molecule has 41 heavy (non-hydrogen) atoms. The third kappa shape index (κ3) is 10.7. The maximum Gasteiger partial charge on any atom is 0.224 e. The van der Waals surface area contributed by atoms with E-state index in [0.29, 0.717) is 12.8 Å². The van der Waals surface area contributed by atoms with Crippen LogP contribution in [0.5, 0.6) is 0 Å². The van der Waals surface area contributed by atoms with Gasteiger partial charge in [-0.15, -0.1) is 0 Å². The third-order valence-electron chi connectivity index (χ3n) is 6.58. The van der Waals surface area contributed by atoms with Crippen molar-refractivity contribution in [2.24, 2.45) is 5.92 Å². The Hall–Kier alpha value is -4.13. The Morgan fingerprint density at radius 1 is 0.805 bits per heavy atom. The minimum absolute atomic E-state index is 0.0124. The molecule has 2 N–H and O–H groups in total. The number of hydrogen-bond donors (Lipinski definition) is 2. The predicted octanol–water partition coefficient (Wildman–Crippen LogP) is 6.08. The van der Waals surface area contributed by atoms with Crippen LogP contribution in [-0.4, -0.2) is 35.5 Å². The second-order valence-corrected chi connectivity index (χ2v) is 11.3. The molecule has 0 radical (unpaired) electrons. The van der Waals surface area contributed by atoms with E-state index in [1.54, 1.807) is 12.1 Å². The van der Waals surface area contributed by atoms with Gasteiger partial charge >= 0.3 is 0 Å². The highest BCUT2D eigenvalue weighted by molar-refractivity contribution is 5.97. The largest absolute Gasteiger partial charge is 0.356 e. The number of aryl methyl sites for hydroxylation is 1. The molecule has 0 aliphatic carbocycles. The standard InChI is InChI=1S/C34H39FN2O4/c1-34(2,3)37-32(40)23-27(21-28(38)18-16-24-11-6-4-7-12-24)33(41)36-20-10-15-31(39)29-22-26(17-19-30(29)35)25-13-8-5-9-14-25/h4-9,11-14,17,19,22,27H,10,15-16,18,20-21,23H2,1-3H3,(H,36,41)(H,37,40)/t27-/m0/s1. The summed E-state index contributed by atoms with van der Waals surface area (Å²) in [6.07, 6.45) is 1.01. The summed E-state index contributed by atoms with van der Waals surface area (Å²) in [5, 5.41) is 5.62. The van der Waals surface area contributed by atoms with Crippen LogP contribution in [0.4, 0.5) is 4.39 Å². The minimum Gasteiger partial charge on any atom is -0.356 e. The first-order valence-electron chi connectivity index (χ1n) is 14.0. The van der Waals surface area contributed by atoms with Crippen molar-refractivity contribution < 1.29 is 23.6 Å². The number of hydrogen-bond acceptors (Lipinski definition) is 4. The van der Waals surface area contributed by atoms with Crippen LogP contribution in [0.25, 0.3) is 11.1 Å². The molecule has 0 fully saturated rings. The molecule has 6 nitrogen and oxygen atoms in total. The number of benzene rings is 3. The van der Waals surface area contributed by atoms with Gasteiger partial charge in [0.05, 0.1) is 11.5 Å². The Balaban J connectivity index is 1.55. The van der Waals surface area contributed by atoms with Gasteiger partial charge < -0.3 is 10.6 Å². The fraction of sp³-hybridized carbons (Fsp3) is 0.353. The molecule has 3 aromatic carbocycles. The second kappa shape index (κ2) is 15.0.